The Morgan fingerprint density at radius 3 is 2.11 bits per heavy atom. The second-order valence-corrected chi connectivity index (χ2v) is 8.34. The number of rotatable bonds is 3. The smallest absolute Gasteiger partial charge is 0.227 e. The lowest BCUT2D eigenvalue weighted by Crippen LogP contribution is -2.65. The zero-order chi connectivity index (χ0) is 13.9. The number of carbonyl (C=O) groups excluding carboxylic acids is 2. The number of Topliss-reactive ketones (excluding diaryl/α,β-unsaturated/α-hetero) is 1. The molecule has 4 aliphatic carbocycles. The van der Waals surface area contributed by atoms with Crippen LogP contribution in [0.1, 0.15) is 65.7 Å². The summed E-state index contributed by atoms with van der Waals surface area (Å²) in [6.07, 6.45) is 7.34. The molecule has 4 aliphatic rings. The molecule has 0 saturated heterocycles. The van der Waals surface area contributed by atoms with Gasteiger partial charge >= 0.3 is 0 Å². The van der Waals surface area contributed by atoms with Gasteiger partial charge in [-0.05, 0) is 62.2 Å². The van der Waals surface area contributed by atoms with Crippen LogP contribution in [-0.4, -0.2) is 17.2 Å². The molecule has 4 saturated carbocycles. The van der Waals surface area contributed by atoms with Crippen molar-refractivity contribution in [2.75, 3.05) is 0 Å². The van der Waals surface area contributed by atoms with Crippen LogP contribution in [0.2, 0.25) is 0 Å². The molecular weight excluding hydrogens is 238 g/mol. The Bertz CT molecular complexity index is 424. The van der Waals surface area contributed by atoms with Crippen LogP contribution < -0.4 is 5.32 Å². The minimum absolute atomic E-state index is 0.0184. The van der Waals surface area contributed by atoms with E-state index in [0.717, 1.165) is 25.2 Å². The molecule has 4 bridgehead atoms. The molecule has 106 valence electrons. The topological polar surface area (TPSA) is 46.2 Å². The molecule has 3 heteroatoms. The van der Waals surface area contributed by atoms with E-state index in [-0.39, 0.29) is 23.7 Å². The molecule has 19 heavy (non-hydrogen) atoms. The number of hydrogen-bond acceptors (Lipinski definition) is 2. The van der Waals surface area contributed by atoms with E-state index in [1.54, 1.807) is 0 Å². The minimum Gasteiger partial charge on any atom is -0.350 e. The molecule has 0 aliphatic heterocycles. The van der Waals surface area contributed by atoms with E-state index in [9.17, 15) is 9.59 Å². The van der Waals surface area contributed by atoms with Gasteiger partial charge in [0.05, 0.1) is 6.42 Å². The van der Waals surface area contributed by atoms with Crippen molar-refractivity contribution in [3.63, 3.8) is 0 Å². The quantitative estimate of drug-likeness (QED) is 0.796. The first-order valence-corrected chi connectivity index (χ1v) is 7.52. The highest BCUT2D eigenvalue weighted by Gasteiger charge is 2.60. The largest absolute Gasteiger partial charge is 0.350 e. The Balaban J connectivity index is 1.81. The van der Waals surface area contributed by atoms with Crippen LogP contribution in [0.4, 0.5) is 0 Å². The van der Waals surface area contributed by atoms with Crippen molar-refractivity contribution in [2.45, 2.75) is 71.3 Å². The van der Waals surface area contributed by atoms with Gasteiger partial charge < -0.3 is 5.32 Å². The van der Waals surface area contributed by atoms with Gasteiger partial charge in [0.25, 0.3) is 0 Å². The SMILES string of the molecule is CC(=O)CC(=O)NC12CC3CC(C)(CC(C)(C3)C1)C2. The van der Waals surface area contributed by atoms with Crippen LogP contribution in [0.3, 0.4) is 0 Å². The summed E-state index contributed by atoms with van der Waals surface area (Å²) in [7, 11) is 0. The van der Waals surface area contributed by atoms with Crippen molar-refractivity contribution in [1.82, 2.24) is 5.32 Å². The lowest BCUT2D eigenvalue weighted by molar-refractivity contribution is -0.141. The summed E-state index contributed by atoms with van der Waals surface area (Å²) in [5.74, 6) is 0.658. The third-order valence-corrected chi connectivity index (χ3v) is 5.44. The van der Waals surface area contributed by atoms with E-state index in [2.05, 4.69) is 19.2 Å². The van der Waals surface area contributed by atoms with Gasteiger partial charge in [0.15, 0.2) is 0 Å². The predicted octanol–water partition coefficient (Wildman–Crippen LogP) is 2.83. The third-order valence-electron chi connectivity index (χ3n) is 5.44. The molecule has 0 spiro atoms. The van der Waals surface area contributed by atoms with Gasteiger partial charge in [0.1, 0.15) is 5.78 Å². The summed E-state index contributed by atoms with van der Waals surface area (Å²) >= 11 is 0. The zero-order valence-electron chi connectivity index (χ0n) is 12.3. The highest BCUT2D eigenvalue weighted by atomic mass is 16.2. The number of nitrogens with one attached hydrogen (secondary N) is 1. The van der Waals surface area contributed by atoms with E-state index in [1.807, 2.05) is 0 Å². The van der Waals surface area contributed by atoms with Crippen LogP contribution in [0.15, 0.2) is 0 Å². The maximum Gasteiger partial charge on any atom is 0.227 e. The van der Waals surface area contributed by atoms with Gasteiger partial charge in [-0.3, -0.25) is 9.59 Å². The molecule has 2 atom stereocenters. The number of ketones is 1. The monoisotopic (exact) mass is 263 g/mol. The summed E-state index contributed by atoms with van der Waals surface area (Å²) in [4.78, 5) is 23.1. The molecule has 4 rings (SSSR count). The summed E-state index contributed by atoms with van der Waals surface area (Å²) in [6, 6.07) is 0. The molecule has 1 amide bonds. The Morgan fingerprint density at radius 1 is 1.05 bits per heavy atom. The Kier molecular flexibility index (Phi) is 2.65. The van der Waals surface area contributed by atoms with Crippen LogP contribution in [0, 0.1) is 16.7 Å². The summed E-state index contributed by atoms with van der Waals surface area (Å²) < 4.78 is 0. The Hall–Kier alpha value is -0.860. The standard InChI is InChI=1S/C16H25NO2/c1-11(18)4-13(19)17-16-7-12-5-14(2,9-16)8-15(3,6-12)10-16/h12H,4-10H2,1-3H3,(H,17,19). The van der Waals surface area contributed by atoms with Crippen molar-refractivity contribution in [3.8, 4) is 0 Å². The van der Waals surface area contributed by atoms with Gasteiger partial charge in [-0.25, -0.2) is 0 Å². The van der Waals surface area contributed by atoms with Gasteiger partial charge in [-0.15, -0.1) is 0 Å². The van der Waals surface area contributed by atoms with E-state index in [1.165, 1.54) is 26.2 Å². The second-order valence-electron chi connectivity index (χ2n) is 8.34. The number of amides is 1. The maximum atomic E-state index is 12.0. The van der Waals surface area contributed by atoms with E-state index >= 15 is 0 Å². The van der Waals surface area contributed by atoms with Crippen LogP contribution in [-0.2, 0) is 9.59 Å². The molecule has 1 N–H and O–H groups in total. The first-order chi connectivity index (χ1) is 8.72. The Morgan fingerprint density at radius 2 is 1.63 bits per heavy atom. The molecule has 3 nitrogen and oxygen atoms in total. The van der Waals surface area contributed by atoms with Crippen molar-refractivity contribution in [3.05, 3.63) is 0 Å². The first kappa shape index (κ1) is 13.1. The van der Waals surface area contributed by atoms with Gasteiger partial charge in [-0.2, -0.15) is 0 Å². The van der Waals surface area contributed by atoms with E-state index in [0.29, 0.717) is 10.8 Å². The molecule has 2 unspecified atom stereocenters. The summed E-state index contributed by atoms with van der Waals surface area (Å²) in [6.45, 7) is 6.27. The molecule has 4 fully saturated rings. The minimum atomic E-state index is -0.0679. The van der Waals surface area contributed by atoms with Gasteiger partial charge in [-0.1, -0.05) is 13.8 Å². The van der Waals surface area contributed by atoms with Crippen molar-refractivity contribution in [1.29, 1.82) is 0 Å². The lowest BCUT2D eigenvalue weighted by atomic mass is 9.43. The first-order valence-electron chi connectivity index (χ1n) is 7.52. The average molecular weight is 263 g/mol. The van der Waals surface area contributed by atoms with Crippen LogP contribution >= 0.6 is 0 Å². The average Bonchev–Trinajstić information content (AvgIpc) is 2.06. The zero-order valence-corrected chi connectivity index (χ0v) is 12.3. The fourth-order valence-electron chi connectivity index (χ4n) is 6.15. The van der Waals surface area contributed by atoms with E-state index < -0.39 is 0 Å². The molecule has 0 radical (unpaired) electrons. The van der Waals surface area contributed by atoms with Crippen LogP contribution in [0.5, 0.6) is 0 Å². The second kappa shape index (κ2) is 3.83. The fourth-order valence-corrected chi connectivity index (χ4v) is 6.15. The fraction of sp³-hybridized carbons (Fsp3) is 0.875. The normalized spacial score (nSPS) is 47.2. The number of carbonyl (C=O) groups is 2. The van der Waals surface area contributed by atoms with Crippen LogP contribution in [0.25, 0.3) is 0 Å². The van der Waals surface area contributed by atoms with Crippen molar-refractivity contribution >= 4 is 11.7 Å². The summed E-state index contributed by atoms with van der Waals surface area (Å²) in [5, 5.41) is 3.25. The Labute approximate surface area is 115 Å². The predicted molar refractivity (Wildman–Crippen MR) is 73.6 cm³/mol. The number of hydrogen-bond donors (Lipinski definition) is 1. The van der Waals surface area contributed by atoms with Crippen molar-refractivity contribution in [2.24, 2.45) is 16.7 Å². The van der Waals surface area contributed by atoms with Crippen molar-refractivity contribution < 1.29 is 9.59 Å². The molecule has 0 aromatic carbocycles. The van der Waals surface area contributed by atoms with Gasteiger partial charge in [0.2, 0.25) is 5.91 Å². The maximum absolute atomic E-state index is 12.0. The lowest BCUT2D eigenvalue weighted by Gasteiger charge is -2.65. The molecule has 0 aromatic heterocycles. The highest BCUT2D eigenvalue weighted by Crippen LogP contribution is 2.66. The molecular formula is C16H25NO2. The molecule has 0 heterocycles. The third kappa shape index (κ3) is 2.32. The highest BCUT2D eigenvalue weighted by molar-refractivity contribution is 5.97. The summed E-state index contributed by atoms with van der Waals surface area (Å²) in [5.41, 5.74) is 0.783. The van der Waals surface area contributed by atoms with E-state index in [4.69, 9.17) is 0 Å². The molecule has 0 aromatic rings. The van der Waals surface area contributed by atoms with Gasteiger partial charge in [0, 0.05) is 5.54 Å².